The van der Waals surface area contributed by atoms with Crippen molar-refractivity contribution in [3.8, 4) is 50.9 Å². The zero-order chi connectivity index (χ0) is 45.3. The number of imidazole rings is 1. The maximum Gasteiger partial charge on any atom is 0.0592 e. The summed E-state index contributed by atoms with van der Waals surface area (Å²) in [4.78, 5) is 4.89. The molecule has 10 rings (SSSR count). The van der Waals surface area contributed by atoms with Crippen LogP contribution in [0, 0.1) is 6.33 Å². The molecule has 0 saturated heterocycles. The Balaban J connectivity index is 1.10. The number of hydrogen-bond acceptors (Lipinski definition) is 2. The monoisotopic (exact) mass is 972 g/mol. The van der Waals surface area contributed by atoms with E-state index in [1.807, 2.05) is 12.3 Å². The predicted octanol–water partition coefficient (Wildman–Crippen LogP) is 13.7. The minimum absolute atomic E-state index is 0.0112. The number of hydrogen-bond donors (Lipinski definition) is 0. The summed E-state index contributed by atoms with van der Waals surface area (Å²) in [5.74, 6) is 17.2. The second-order valence-electron chi connectivity index (χ2n) is 20.4. The summed E-state index contributed by atoms with van der Waals surface area (Å²) in [6, 6.07) is 61.7. The van der Waals surface area contributed by atoms with Crippen molar-refractivity contribution >= 4 is 68.2 Å². The topological polar surface area (TPSA) is 35.9 Å². The molecule has 0 bridgehead atoms. The van der Waals surface area contributed by atoms with Gasteiger partial charge in [-0.05, 0) is 41.3 Å². The van der Waals surface area contributed by atoms with Gasteiger partial charge in [-0.25, -0.2) is 4.98 Å². The molecule has 322 valence electrons. The Kier molecular flexibility index (Phi) is 10.8. The summed E-state index contributed by atoms with van der Waals surface area (Å²) in [7, 11) is 0. The van der Waals surface area contributed by atoms with E-state index in [9.17, 15) is 0 Å². The third kappa shape index (κ3) is 8.14. The van der Waals surface area contributed by atoms with Gasteiger partial charge in [0.1, 0.15) is 11.6 Å². The largest absolute Gasteiger partial charge is 0.0592 e. The van der Waals surface area contributed by atoms with Gasteiger partial charge in [-0.2, -0.15) is 0 Å². The molecule has 0 saturated carbocycles. The number of ether oxygens (including phenoxy) is 1. The van der Waals surface area contributed by atoms with E-state index >= 15 is 0 Å². The standard InChI is InChI=1S/C58H56Ge2N4O/c1-58(2,3)42-32-33-61-56(36-42)64-52-27-11-10-24-50(52)51-31-30-47(38-55(51)64)65-46-23-16-22-45(37-46)62-39-63(54-29-13-12-28-53(54)62)57-48(40-18-14-20-43(34-40)59(4,5)6)25-17-26-49(57)41-19-15-21-44(35-41)60(7,8)9/h10-38H,1-9H3. The average Bonchev–Trinajstić information content (AvgIpc) is 3.84. The summed E-state index contributed by atoms with van der Waals surface area (Å²) in [5, 5.41) is 2.34. The van der Waals surface area contributed by atoms with Crippen LogP contribution in [0.5, 0.6) is 11.5 Å². The van der Waals surface area contributed by atoms with Crippen LogP contribution < -0.4 is 18.1 Å². The van der Waals surface area contributed by atoms with E-state index in [-0.39, 0.29) is 5.41 Å². The van der Waals surface area contributed by atoms with E-state index in [2.05, 4.69) is 239 Å². The van der Waals surface area contributed by atoms with Gasteiger partial charge < -0.3 is 0 Å². The van der Waals surface area contributed by atoms with E-state index in [1.54, 1.807) is 0 Å². The van der Waals surface area contributed by atoms with Crippen molar-refractivity contribution in [3.05, 3.63) is 188 Å². The summed E-state index contributed by atoms with van der Waals surface area (Å²) in [5.41, 5.74) is 12.4. The van der Waals surface area contributed by atoms with E-state index in [4.69, 9.17) is 9.72 Å². The molecular formula is C58H56Ge2N4O. The molecule has 3 aromatic heterocycles. The maximum atomic E-state index is 6.79. The zero-order valence-electron chi connectivity index (χ0n) is 38.9. The zero-order valence-corrected chi connectivity index (χ0v) is 43.1. The van der Waals surface area contributed by atoms with Gasteiger partial charge in [0.2, 0.25) is 0 Å². The van der Waals surface area contributed by atoms with Crippen molar-refractivity contribution in [1.82, 2.24) is 14.1 Å². The van der Waals surface area contributed by atoms with Crippen molar-refractivity contribution in [2.24, 2.45) is 0 Å². The molecule has 0 radical (unpaired) electrons. The van der Waals surface area contributed by atoms with Gasteiger partial charge in [0.05, 0.1) is 11.0 Å². The van der Waals surface area contributed by atoms with Crippen LogP contribution in [0.1, 0.15) is 26.3 Å². The quantitative estimate of drug-likeness (QED) is 0.0821. The van der Waals surface area contributed by atoms with Crippen LogP contribution in [0.2, 0.25) is 34.5 Å². The van der Waals surface area contributed by atoms with Gasteiger partial charge >= 0.3 is 256 Å². The normalized spacial score (nSPS) is 12.4. The molecule has 0 amide bonds. The second kappa shape index (κ2) is 16.4. The van der Waals surface area contributed by atoms with Crippen molar-refractivity contribution in [3.63, 3.8) is 0 Å². The van der Waals surface area contributed by atoms with Crippen LogP contribution >= 0.6 is 0 Å². The molecule has 0 aliphatic heterocycles. The number of pyridine rings is 1. The first-order chi connectivity index (χ1) is 31.1. The molecule has 7 heteroatoms. The summed E-state index contributed by atoms with van der Waals surface area (Å²) >= 11 is -4.31. The Morgan fingerprint density at radius 2 is 1.14 bits per heavy atom. The fraction of sp³-hybridized carbons (Fsp3) is 0.172. The first-order valence-corrected chi connectivity index (χ1v) is 37.4. The predicted molar refractivity (Wildman–Crippen MR) is 278 cm³/mol. The Morgan fingerprint density at radius 1 is 0.538 bits per heavy atom. The fourth-order valence-electron chi connectivity index (χ4n) is 9.06. The van der Waals surface area contributed by atoms with Gasteiger partial charge in [-0.3, -0.25) is 4.57 Å². The van der Waals surface area contributed by atoms with Crippen molar-refractivity contribution in [2.45, 2.75) is 60.7 Å². The third-order valence-corrected chi connectivity index (χ3v) is 21.3. The van der Waals surface area contributed by atoms with Crippen LogP contribution in [0.25, 0.3) is 72.3 Å². The Hall–Kier alpha value is -6.15. The van der Waals surface area contributed by atoms with Crippen molar-refractivity contribution in [2.75, 3.05) is 0 Å². The minimum atomic E-state index is -2.15. The van der Waals surface area contributed by atoms with Gasteiger partial charge in [0.25, 0.3) is 0 Å². The van der Waals surface area contributed by atoms with E-state index in [1.165, 1.54) is 42.0 Å². The average molecular weight is 970 g/mol. The molecule has 0 aliphatic carbocycles. The molecule has 7 aromatic carbocycles. The van der Waals surface area contributed by atoms with Gasteiger partial charge in [-0.15, -0.1) is 0 Å². The molecule has 10 aromatic rings. The van der Waals surface area contributed by atoms with Gasteiger partial charge in [0, 0.05) is 23.0 Å². The van der Waals surface area contributed by atoms with E-state index in [0.29, 0.717) is 0 Å². The van der Waals surface area contributed by atoms with Crippen LogP contribution in [-0.4, -0.2) is 40.7 Å². The first-order valence-electron chi connectivity index (χ1n) is 22.7. The van der Waals surface area contributed by atoms with Gasteiger partial charge in [0.15, 0.2) is 0 Å². The number of para-hydroxylation sites is 4. The Bertz CT molecular complexity index is 3360. The van der Waals surface area contributed by atoms with Crippen LogP contribution in [0.15, 0.2) is 176 Å². The summed E-state index contributed by atoms with van der Waals surface area (Å²) < 4.78 is 16.5. The molecule has 0 atom stereocenters. The van der Waals surface area contributed by atoms with Crippen LogP contribution in [-0.2, 0) is 5.41 Å². The van der Waals surface area contributed by atoms with Crippen molar-refractivity contribution < 1.29 is 9.30 Å². The molecule has 0 spiro atoms. The number of benzene rings is 7. The fourth-order valence-corrected chi connectivity index (χ4v) is 14.0. The second-order valence-corrected chi connectivity index (χ2v) is 41.7. The molecule has 5 nitrogen and oxygen atoms in total. The Morgan fingerprint density at radius 3 is 1.82 bits per heavy atom. The molecule has 0 aliphatic rings. The van der Waals surface area contributed by atoms with E-state index < -0.39 is 26.5 Å². The SMILES string of the molecule is CC(C)(C)c1ccnc(-n2c3ccccc3c3ccc(Oc4cccc(-n5[c-][n+](-c6c(-c7ccc[c]([Ge]([CH3])([CH3])[CH3])c7)cccc6-c6ccc[c]([Ge]([CH3])([CH3])[CH3])c6)c6ccccc65)c4)cc32)c1. The Labute approximate surface area is 388 Å². The smallest absolute Gasteiger partial charge is 0.0149 e. The molecule has 65 heavy (non-hydrogen) atoms. The number of rotatable bonds is 9. The van der Waals surface area contributed by atoms with Gasteiger partial charge in [-0.1, -0.05) is 39.0 Å². The number of nitrogens with zero attached hydrogens (tertiary/aromatic N) is 4. The molecule has 0 unspecified atom stereocenters. The maximum absolute atomic E-state index is 6.79. The van der Waals surface area contributed by atoms with Crippen LogP contribution in [0.3, 0.4) is 0 Å². The molecule has 0 fully saturated rings. The van der Waals surface area contributed by atoms with Crippen molar-refractivity contribution in [1.29, 1.82) is 0 Å². The minimum Gasteiger partial charge on any atom is -0.0149 e. The number of fused-ring (bicyclic) bond motifs is 4. The summed E-state index contributed by atoms with van der Waals surface area (Å²) in [6.45, 7) is 6.72. The molecule has 3 heterocycles. The number of aromatic nitrogens is 4. The third-order valence-electron chi connectivity index (χ3n) is 12.7. The van der Waals surface area contributed by atoms with Crippen LogP contribution in [0.4, 0.5) is 0 Å². The van der Waals surface area contributed by atoms with E-state index in [0.717, 1.165) is 56.1 Å². The first kappa shape index (κ1) is 42.8. The molecular weight excluding hydrogens is 914 g/mol. The molecule has 0 N–H and O–H groups in total. The summed E-state index contributed by atoms with van der Waals surface area (Å²) in [6.07, 6.45) is 5.82.